The Morgan fingerprint density at radius 1 is 0.875 bits per heavy atom. The van der Waals surface area contributed by atoms with E-state index in [9.17, 15) is 24.0 Å². The molecule has 0 fully saturated rings. The predicted octanol–water partition coefficient (Wildman–Crippen LogP) is -2.80. The standard InChI is InChI=1S/C18H33N5O8S/c1-32-7-5-10(20)15(27)22-12(8-14(25)26)17(29)21-11(4-2-3-6-19)16(28)23-13(9-24)18(30)31/h10-13,24H,2-9,19-20H2,1H3,(H,21,29)(H,22,27)(H,23,28)(H,25,26)(H,30,31). The van der Waals surface area contributed by atoms with Crippen molar-refractivity contribution >= 4 is 41.4 Å². The fourth-order valence-electron chi connectivity index (χ4n) is 2.53. The number of aliphatic carboxylic acids is 2. The third kappa shape index (κ3) is 11.8. The van der Waals surface area contributed by atoms with Gasteiger partial charge in [0.2, 0.25) is 17.7 Å². The second kappa shape index (κ2) is 16.2. The first-order valence-electron chi connectivity index (χ1n) is 9.98. The number of carbonyl (C=O) groups excluding carboxylic acids is 3. The van der Waals surface area contributed by atoms with Crippen LogP contribution in [-0.2, 0) is 24.0 Å². The summed E-state index contributed by atoms with van der Waals surface area (Å²) < 4.78 is 0. The summed E-state index contributed by atoms with van der Waals surface area (Å²) in [5.74, 6) is -4.78. The summed E-state index contributed by atoms with van der Waals surface area (Å²) in [6, 6.07) is -5.27. The highest BCUT2D eigenvalue weighted by Crippen LogP contribution is 2.05. The molecular formula is C18H33N5O8S. The summed E-state index contributed by atoms with van der Waals surface area (Å²) in [6.07, 6.45) is 2.39. The number of carbonyl (C=O) groups is 5. The van der Waals surface area contributed by atoms with Crippen molar-refractivity contribution < 1.29 is 39.3 Å². The molecule has 0 bridgehead atoms. The first-order chi connectivity index (χ1) is 15.1. The van der Waals surface area contributed by atoms with Crippen molar-refractivity contribution in [2.24, 2.45) is 11.5 Å². The molecule has 4 atom stereocenters. The quantitative estimate of drug-likeness (QED) is 0.0992. The van der Waals surface area contributed by atoms with Crippen molar-refractivity contribution in [1.29, 1.82) is 0 Å². The number of unbranched alkanes of at least 4 members (excludes halogenated alkanes) is 1. The molecule has 0 aliphatic heterocycles. The third-order valence-corrected chi connectivity index (χ3v) is 5.00. The van der Waals surface area contributed by atoms with Gasteiger partial charge in [0.25, 0.3) is 0 Å². The summed E-state index contributed by atoms with van der Waals surface area (Å²) in [4.78, 5) is 59.6. The van der Waals surface area contributed by atoms with Gasteiger partial charge in [-0.05, 0) is 44.2 Å². The Hall–Kier alpha value is -2.42. The zero-order chi connectivity index (χ0) is 24.7. The molecule has 14 heteroatoms. The Labute approximate surface area is 190 Å². The van der Waals surface area contributed by atoms with Gasteiger partial charge in [-0.1, -0.05) is 0 Å². The molecule has 10 N–H and O–H groups in total. The summed E-state index contributed by atoms with van der Waals surface area (Å²) in [7, 11) is 0. The molecule has 32 heavy (non-hydrogen) atoms. The van der Waals surface area contributed by atoms with Gasteiger partial charge in [-0.25, -0.2) is 4.79 Å². The van der Waals surface area contributed by atoms with Crippen LogP contribution in [0.15, 0.2) is 0 Å². The minimum absolute atomic E-state index is 0.0769. The molecule has 0 aromatic heterocycles. The Morgan fingerprint density at radius 2 is 1.44 bits per heavy atom. The minimum Gasteiger partial charge on any atom is -0.481 e. The van der Waals surface area contributed by atoms with E-state index in [0.717, 1.165) is 0 Å². The molecular weight excluding hydrogens is 446 g/mol. The van der Waals surface area contributed by atoms with E-state index >= 15 is 0 Å². The lowest BCUT2D eigenvalue weighted by molar-refractivity contribution is -0.144. The maximum absolute atomic E-state index is 12.7. The highest BCUT2D eigenvalue weighted by molar-refractivity contribution is 7.98. The maximum atomic E-state index is 12.7. The van der Waals surface area contributed by atoms with E-state index in [1.165, 1.54) is 11.8 Å². The van der Waals surface area contributed by atoms with Gasteiger partial charge in [0.05, 0.1) is 19.1 Å². The molecule has 0 saturated heterocycles. The minimum atomic E-state index is -1.58. The number of carboxylic acids is 2. The molecule has 0 aliphatic carbocycles. The topological polar surface area (TPSA) is 234 Å². The van der Waals surface area contributed by atoms with Crippen molar-refractivity contribution in [2.75, 3.05) is 25.2 Å². The van der Waals surface area contributed by atoms with Gasteiger partial charge >= 0.3 is 11.9 Å². The average molecular weight is 480 g/mol. The monoisotopic (exact) mass is 479 g/mol. The molecule has 13 nitrogen and oxygen atoms in total. The molecule has 0 heterocycles. The third-order valence-electron chi connectivity index (χ3n) is 4.36. The van der Waals surface area contributed by atoms with Gasteiger partial charge in [-0.15, -0.1) is 0 Å². The maximum Gasteiger partial charge on any atom is 0.328 e. The zero-order valence-electron chi connectivity index (χ0n) is 17.9. The number of thioether (sulfide) groups is 1. The number of carboxylic acid groups (broad SMARTS) is 2. The van der Waals surface area contributed by atoms with E-state index in [1.807, 2.05) is 6.26 Å². The highest BCUT2D eigenvalue weighted by Gasteiger charge is 2.31. The number of aliphatic hydroxyl groups excluding tert-OH is 1. The van der Waals surface area contributed by atoms with Crippen LogP contribution in [0.1, 0.15) is 32.1 Å². The number of nitrogens with one attached hydrogen (secondary N) is 3. The van der Waals surface area contributed by atoms with Crippen LogP contribution in [0.2, 0.25) is 0 Å². The molecule has 0 spiro atoms. The predicted molar refractivity (Wildman–Crippen MR) is 117 cm³/mol. The van der Waals surface area contributed by atoms with Crippen molar-refractivity contribution in [2.45, 2.75) is 56.3 Å². The Morgan fingerprint density at radius 3 is 1.94 bits per heavy atom. The van der Waals surface area contributed by atoms with Crippen LogP contribution in [0.3, 0.4) is 0 Å². The van der Waals surface area contributed by atoms with E-state index in [0.29, 0.717) is 31.6 Å². The van der Waals surface area contributed by atoms with E-state index in [-0.39, 0.29) is 6.42 Å². The molecule has 0 rings (SSSR count). The van der Waals surface area contributed by atoms with Crippen LogP contribution in [0.5, 0.6) is 0 Å². The Kier molecular flexibility index (Phi) is 15.0. The average Bonchev–Trinajstić information content (AvgIpc) is 2.73. The zero-order valence-corrected chi connectivity index (χ0v) is 18.7. The second-order valence-electron chi connectivity index (χ2n) is 6.97. The van der Waals surface area contributed by atoms with Gasteiger partial charge < -0.3 is 42.7 Å². The smallest absolute Gasteiger partial charge is 0.328 e. The number of aliphatic hydroxyl groups is 1. The molecule has 0 radical (unpaired) electrons. The number of nitrogens with two attached hydrogens (primary N) is 2. The highest BCUT2D eigenvalue weighted by atomic mass is 32.2. The van der Waals surface area contributed by atoms with Crippen molar-refractivity contribution in [3.63, 3.8) is 0 Å². The van der Waals surface area contributed by atoms with Crippen molar-refractivity contribution in [3.8, 4) is 0 Å². The molecule has 0 aromatic rings. The fourth-order valence-corrected chi connectivity index (χ4v) is 3.02. The molecule has 0 aliphatic rings. The van der Waals surface area contributed by atoms with Gasteiger partial charge in [0.1, 0.15) is 18.1 Å². The lowest BCUT2D eigenvalue weighted by Crippen LogP contribution is -2.57. The van der Waals surface area contributed by atoms with E-state index in [4.69, 9.17) is 26.8 Å². The summed E-state index contributed by atoms with van der Waals surface area (Å²) in [6.45, 7) is -0.543. The normalized spacial score (nSPS) is 14.5. The van der Waals surface area contributed by atoms with Crippen molar-refractivity contribution in [3.05, 3.63) is 0 Å². The largest absolute Gasteiger partial charge is 0.481 e. The van der Waals surface area contributed by atoms with Gasteiger partial charge in [-0.3, -0.25) is 19.2 Å². The van der Waals surface area contributed by atoms with E-state index in [2.05, 4.69) is 16.0 Å². The number of hydrogen-bond acceptors (Lipinski definition) is 9. The number of rotatable bonds is 17. The van der Waals surface area contributed by atoms with Crippen LogP contribution >= 0.6 is 11.8 Å². The van der Waals surface area contributed by atoms with Gasteiger partial charge in [-0.2, -0.15) is 11.8 Å². The molecule has 0 saturated carbocycles. The van der Waals surface area contributed by atoms with Crippen LogP contribution < -0.4 is 27.4 Å². The van der Waals surface area contributed by atoms with E-state index < -0.39 is 66.9 Å². The second-order valence-corrected chi connectivity index (χ2v) is 7.96. The SMILES string of the molecule is CSCCC(N)C(=O)NC(CC(=O)O)C(=O)NC(CCCCN)C(=O)NC(CO)C(=O)O. The Balaban J connectivity index is 5.38. The molecule has 0 aromatic carbocycles. The first-order valence-corrected chi connectivity index (χ1v) is 11.4. The van der Waals surface area contributed by atoms with Gasteiger partial charge in [0.15, 0.2) is 0 Å². The first kappa shape index (κ1) is 29.6. The summed E-state index contributed by atoms with van der Waals surface area (Å²) in [5.41, 5.74) is 11.2. The van der Waals surface area contributed by atoms with Crippen LogP contribution in [0, 0.1) is 0 Å². The van der Waals surface area contributed by atoms with Crippen molar-refractivity contribution in [1.82, 2.24) is 16.0 Å². The Bertz CT molecular complexity index is 651. The molecule has 3 amide bonds. The lowest BCUT2D eigenvalue weighted by atomic mass is 10.1. The number of amides is 3. The van der Waals surface area contributed by atoms with E-state index in [1.54, 1.807) is 0 Å². The summed E-state index contributed by atoms with van der Waals surface area (Å²) in [5, 5.41) is 33.9. The fraction of sp³-hybridized carbons (Fsp3) is 0.722. The lowest BCUT2D eigenvalue weighted by Gasteiger charge is -2.24. The van der Waals surface area contributed by atoms with Crippen LogP contribution in [0.4, 0.5) is 0 Å². The molecule has 4 unspecified atom stereocenters. The van der Waals surface area contributed by atoms with Crippen LogP contribution in [-0.4, -0.2) is 94.3 Å². The molecule has 184 valence electrons. The van der Waals surface area contributed by atoms with Crippen LogP contribution in [0.25, 0.3) is 0 Å². The van der Waals surface area contributed by atoms with Gasteiger partial charge in [0, 0.05) is 0 Å². The summed E-state index contributed by atoms with van der Waals surface area (Å²) >= 11 is 1.47. The number of hydrogen-bond donors (Lipinski definition) is 8.